The third-order valence-electron chi connectivity index (χ3n) is 6.65. The third-order valence-corrected chi connectivity index (χ3v) is 7.50. The van der Waals surface area contributed by atoms with Crippen LogP contribution < -0.4 is 0 Å². The summed E-state index contributed by atoms with van der Waals surface area (Å²) in [7, 11) is 0. The zero-order valence-electron chi connectivity index (χ0n) is 18.7. The van der Waals surface area contributed by atoms with Crippen LogP contribution in [0.3, 0.4) is 0 Å². The molecule has 3 saturated heterocycles. The number of amides is 2. The van der Waals surface area contributed by atoms with Gasteiger partial charge in [0.1, 0.15) is 11.6 Å². The van der Waals surface area contributed by atoms with Crippen LogP contribution in [0.4, 0.5) is 0 Å². The van der Waals surface area contributed by atoms with E-state index in [0.29, 0.717) is 25.8 Å². The van der Waals surface area contributed by atoms with E-state index in [9.17, 15) is 19.5 Å². The fraction of sp³-hybridized carbons (Fsp3) is 0.696. The number of alkyl halides is 1. The fourth-order valence-electron chi connectivity index (χ4n) is 5.35. The summed E-state index contributed by atoms with van der Waals surface area (Å²) in [5.41, 5.74) is -1.11. The maximum atomic E-state index is 13.8. The molecule has 3 fully saturated rings. The summed E-state index contributed by atoms with van der Waals surface area (Å²) < 4.78 is 11.8. The first kappa shape index (κ1) is 24.9. The molecule has 8 nitrogen and oxygen atoms in total. The van der Waals surface area contributed by atoms with Crippen molar-refractivity contribution in [3.8, 4) is 0 Å². The second-order valence-corrected chi connectivity index (χ2v) is 10.1. The molecule has 2 bridgehead atoms. The molecule has 32 heavy (non-hydrogen) atoms. The number of carbonyl (C=O) groups is 3. The van der Waals surface area contributed by atoms with Crippen molar-refractivity contribution in [1.29, 1.82) is 0 Å². The number of nitrogens with zero attached hydrogens (tertiary/aromatic N) is 2. The molecule has 3 unspecified atom stereocenters. The zero-order chi connectivity index (χ0) is 23.6. The summed E-state index contributed by atoms with van der Waals surface area (Å²) >= 11 is 3.62. The predicted octanol–water partition coefficient (Wildman–Crippen LogP) is 1.66. The van der Waals surface area contributed by atoms with E-state index in [1.807, 2.05) is 13.8 Å². The Morgan fingerprint density at radius 3 is 2.72 bits per heavy atom. The minimum atomic E-state index is -1.11. The van der Waals surface area contributed by atoms with Crippen LogP contribution in [-0.2, 0) is 23.9 Å². The third kappa shape index (κ3) is 4.03. The van der Waals surface area contributed by atoms with E-state index < -0.39 is 35.6 Å². The van der Waals surface area contributed by atoms with Gasteiger partial charge in [-0.2, -0.15) is 0 Å². The number of hydrogen-bond donors (Lipinski definition) is 1. The summed E-state index contributed by atoms with van der Waals surface area (Å²) in [4.78, 5) is 43.4. The van der Waals surface area contributed by atoms with Crippen LogP contribution in [0.1, 0.15) is 33.1 Å². The van der Waals surface area contributed by atoms with E-state index in [-0.39, 0.29) is 42.4 Å². The molecule has 1 spiro atoms. The number of halogens is 1. The van der Waals surface area contributed by atoms with Crippen molar-refractivity contribution in [1.82, 2.24) is 9.80 Å². The summed E-state index contributed by atoms with van der Waals surface area (Å²) in [6, 6.07) is -0.978. The van der Waals surface area contributed by atoms with Crippen LogP contribution in [0.25, 0.3) is 0 Å². The van der Waals surface area contributed by atoms with Crippen LogP contribution in [0.15, 0.2) is 25.3 Å². The molecule has 0 aromatic heterocycles. The molecule has 0 radical (unpaired) electrons. The SMILES string of the molecule is C=CCCOC(=O)[C@H]1[C@@H]2OC3(CC2Br)C(C(=O)N(CC=C)C(C)C)N(CCCO)C(=O)[C@H]13. The second-order valence-electron chi connectivity index (χ2n) is 8.89. The highest BCUT2D eigenvalue weighted by Gasteiger charge is 2.77. The Labute approximate surface area is 197 Å². The number of aliphatic hydroxyl groups is 1. The molecule has 6 atom stereocenters. The van der Waals surface area contributed by atoms with Crippen molar-refractivity contribution < 1.29 is 29.0 Å². The first-order valence-corrected chi connectivity index (χ1v) is 12.1. The Morgan fingerprint density at radius 2 is 2.12 bits per heavy atom. The normalized spacial score (nSPS) is 32.8. The molecule has 178 valence electrons. The molecule has 9 heteroatoms. The molecular weight excluding hydrogens is 480 g/mol. The molecule has 1 N–H and O–H groups in total. The Kier molecular flexibility index (Phi) is 7.83. The number of esters is 1. The van der Waals surface area contributed by atoms with E-state index in [1.54, 1.807) is 17.1 Å². The highest BCUT2D eigenvalue weighted by Crippen LogP contribution is 2.60. The van der Waals surface area contributed by atoms with Gasteiger partial charge in [0.25, 0.3) is 0 Å². The first-order valence-electron chi connectivity index (χ1n) is 11.2. The van der Waals surface area contributed by atoms with Crippen molar-refractivity contribution in [3.63, 3.8) is 0 Å². The van der Waals surface area contributed by atoms with E-state index in [2.05, 4.69) is 29.1 Å². The highest BCUT2D eigenvalue weighted by atomic mass is 79.9. The number of hydrogen-bond acceptors (Lipinski definition) is 6. The average Bonchev–Trinajstić information content (AvgIpc) is 3.33. The number of aliphatic hydroxyl groups excluding tert-OH is 1. The molecular formula is C23H33BrN2O6. The van der Waals surface area contributed by atoms with Crippen molar-refractivity contribution in [2.45, 2.75) is 61.7 Å². The van der Waals surface area contributed by atoms with Gasteiger partial charge in [-0.25, -0.2) is 0 Å². The van der Waals surface area contributed by atoms with Crippen molar-refractivity contribution >= 4 is 33.7 Å². The molecule has 2 amide bonds. The van der Waals surface area contributed by atoms with E-state index in [1.165, 1.54) is 4.90 Å². The quantitative estimate of drug-likeness (QED) is 0.196. The van der Waals surface area contributed by atoms with Gasteiger partial charge in [0.2, 0.25) is 11.8 Å². The van der Waals surface area contributed by atoms with Crippen molar-refractivity contribution in [2.75, 3.05) is 26.3 Å². The fourth-order valence-corrected chi connectivity index (χ4v) is 6.29. The van der Waals surface area contributed by atoms with Gasteiger partial charge in [0, 0.05) is 30.6 Å². The second kappa shape index (κ2) is 10.1. The molecule has 0 saturated carbocycles. The van der Waals surface area contributed by atoms with Crippen LogP contribution >= 0.6 is 15.9 Å². The van der Waals surface area contributed by atoms with Gasteiger partial charge in [0.15, 0.2) is 0 Å². The van der Waals surface area contributed by atoms with Gasteiger partial charge in [0.05, 0.1) is 24.5 Å². The zero-order valence-corrected chi connectivity index (χ0v) is 20.3. The van der Waals surface area contributed by atoms with Crippen molar-refractivity contribution in [2.24, 2.45) is 11.8 Å². The van der Waals surface area contributed by atoms with Crippen LogP contribution in [-0.4, -0.2) is 87.6 Å². The Bertz CT molecular complexity index is 774. The smallest absolute Gasteiger partial charge is 0.312 e. The molecule has 3 aliphatic heterocycles. The van der Waals surface area contributed by atoms with E-state index in [0.717, 1.165) is 0 Å². The monoisotopic (exact) mass is 512 g/mol. The molecule has 3 heterocycles. The Morgan fingerprint density at radius 1 is 1.41 bits per heavy atom. The van der Waals surface area contributed by atoms with Gasteiger partial charge < -0.3 is 24.4 Å². The van der Waals surface area contributed by atoms with Gasteiger partial charge in [-0.1, -0.05) is 28.1 Å². The van der Waals surface area contributed by atoms with E-state index in [4.69, 9.17) is 9.47 Å². The lowest BCUT2D eigenvalue weighted by Crippen LogP contribution is -2.58. The lowest BCUT2D eigenvalue weighted by molar-refractivity contribution is -0.155. The molecule has 0 aliphatic carbocycles. The largest absolute Gasteiger partial charge is 0.465 e. The van der Waals surface area contributed by atoms with Gasteiger partial charge in [-0.3, -0.25) is 14.4 Å². The summed E-state index contributed by atoms with van der Waals surface area (Å²) in [6.07, 6.45) is 4.06. The minimum absolute atomic E-state index is 0.108. The standard InChI is InChI=1S/C23H33BrN2O6/c1-5-7-12-31-22(30)16-17-20(28)26(10-8-11-27)19(21(29)25(9-6-2)14(3)4)23(17)13-15(24)18(16)32-23/h5-6,14-19,27H,1-2,7-13H2,3-4H3/t15?,16-,17+,18-,19?,23?/m1/s1. The maximum absolute atomic E-state index is 13.8. The summed E-state index contributed by atoms with van der Waals surface area (Å²) in [5.74, 6) is -2.57. The number of fused-ring (bicyclic) bond motifs is 1. The van der Waals surface area contributed by atoms with Gasteiger partial charge in [-0.05, 0) is 33.1 Å². The first-order chi connectivity index (χ1) is 15.2. The van der Waals surface area contributed by atoms with Crippen molar-refractivity contribution in [3.05, 3.63) is 25.3 Å². The Balaban J connectivity index is 2.00. The van der Waals surface area contributed by atoms with Crippen LogP contribution in [0.2, 0.25) is 0 Å². The lowest BCUT2D eigenvalue weighted by Gasteiger charge is -2.38. The van der Waals surface area contributed by atoms with E-state index >= 15 is 0 Å². The number of carbonyl (C=O) groups excluding carboxylic acids is 3. The number of likely N-dealkylation sites (tertiary alicyclic amines) is 1. The topological polar surface area (TPSA) is 96.4 Å². The summed E-state index contributed by atoms with van der Waals surface area (Å²) in [5, 5.41) is 9.39. The minimum Gasteiger partial charge on any atom is -0.465 e. The highest BCUT2D eigenvalue weighted by molar-refractivity contribution is 9.09. The van der Waals surface area contributed by atoms with Crippen LogP contribution in [0, 0.1) is 11.8 Å². The van der Waals surface area contributed by atoms with Gasteiger partial charge >= 0.3 is 5.97 Å². The molecule has 0 aromatic rings. The van der Waals surface area contributed by atoms with Gasteiger partial charge in [-0.15, -0.1) is 13.2 Å². The number of ether oxygens (including phenoxy) is 2. The molecule has 3 aliphatic rings. The molecule has 3 rings (SSSR count). The summed E-state index contributed by atoms with van der Waals surface area (Å²) in [6.45, 7) is 11.8. The maximum Gasteiger partial charge on any atom is 0.312 e. The number of rotatable bonds is 11. The lowest BCUT2D eigenvalue weighted by atomic mass is 9.70. The molecule has 0 aromatic carbocycles. The van der Waals surface area contributed by atoms with Crippen LogP contribution in [0.5, 0.6) is 0 Å². The average molecular weight is 513 g/mol. The predicted molar refractivity (Wildman–Crippen MR) is 122 cm³/mol. The Hall–Kier alpha value is -1.71.